The number of anilines is 1. The number of aliphatic carboxylic acids is 1. The van der Waals surface area contributed by atoms with Crippen LogP contribution in [0, 0.1) is 0 Å². The molecule has 0 saturated carbocycles. The van der Waals surface area contributed by atoms with E-state index in [2.05, 4.69) is 10.3 Å². The molecule has 3 rings (SSSR count). The zero-order valence-electron chi connectivity index (χ0n) is 15.0. The topological polar surface area (TPSA) is 173 Å². The summed E-state index contributed by atoms with van der Waals surface area (Å²) in [6.07, 6.45) is 0. The summed E-state index contributed by atoms with van der Waals surface area (Å²) < 4.78 is 5.67. The molecule has 0 saturated heterocycles. The monoisotopic (exact) mass is 417 g/mol. The lowest BCUT2D eigenvalue weighted by atomic mass is 10.1. The molecule has 29 heavy (non-hydrogen) atoms. The van der Waals surface area contributed by atoms with Crippen molar-refractivity contribution in [2.45, 2.75) is 17.9 Å². The molecule has 150 valence electrons. The summed E-state index contributed by atoms with van der Waals surface area (Å²) in [5, 5.41) is 20.7. The summed E-state index contributed by atoms with van der Waals surface area (Å²) >= 11 is 0.929. The van der Waals surface area contributed by atoms with Gasteiger partial charge in [-0.2, -0.15) is 0 Å². The number of amides is 1. The smallest absolute Gasteiger partial charge is 0.335 e. The van der Waals surface area contributed by atoms with Gasteiger partial charge in [-0.05, 0) is 18.2 Å². The highest BCUT2D eigenvalue weighted by Gasteiger charge is 2.24. The van der Waals surface area contributed by atoms with E-state index in [0.717, 1.165) is 17.8 Å². The number of hydrogen-bond acceptors (Lipinski definition) is 8. The number of rotatable bonds is 6. The van der Waals surface area contributed by atoms with E-state index < -0.39 is 29.3 Å². The molecule has 1 aromatic carbocycles. The fourth-order valence-corrected chi connectivity index (χ4v) is 3.69. The number of carboxylic acid groups (broad SMARTS) is 2. The Morgan fingerprint density at radius 3 is 2.62 bits per heavy atom. The van der Waals surface area contributed by atoms with Gasteiger partial charge in [0.15, 0.2) is 11.3 Å². The molecule has 0 radical (unpaired) electrons. The second-order valence-electron chi connectivity index (χ2n) is 6.07. The molecule has 1 heterocycles. The van der Waals surface area contributed by atoms with Crippen LogP contribution in [0.3, 0.4) is 0 Å². The van der Waals surface area contributed by atoms with Crippen molar-refractivity contribution in [1.82, 2.24) is 10.3 Å². The van der Waals surface area contributed by atoms with Gasteiger partial charge in [0.05, 0.1) is 16.1 Å². The average Bonchev–Trinajstić information content (AvgIpc) is 2.65. The first-order chi connectivity index (χ1) is 13.7. The Balaban J connectivity index is 2.10. The standard InChI is InChI=1S/C18H15N3O7S/c1-7(22)20-10(18(26)27)6-29-16-14(19)11(23)5-13-15(16)21-9-4-8(17(24)25)2-3-12(9)28-13/h2-5,10H,6,19H2,1H3,(H,20,22)(H,24,25)(H,26,27)/t10-/m0/s1. The van der Waals surface area contributed by atoms with Crippen molar-refractivity contribution in [3.8, 4) is 11.5 Å². The van der Waals surface area contributed by atoms with E-state index in [4.69, 9.17) is 15.3 Å². The number of nitrogens with two attached hydrogens (primary N) is 1. The third kappa shape index (κ3) is 4.14. The van der Waals surface area contributed by atoms with Crippen LogP contribution in [0.1, 0.15) is 17.3 Å². The molecule has 0 unspecified atom stereocenters. The summed E-state index contributed by atoms with van der Waals surface area (Å²) in [7, 11) is 0. The lowest BCUT2D eigenvalue weighted by Crippen LogP contribution is -2.41. The van der Waals surface area contributed by atoms with Crippen molar-refractivity contribution < 1.29 is 29.0 Å². The molecule has 10 nitrogen and oxygen atoms in total. The van der Waals surface area contributed by atoms with E-state index in [-0.39, 0.29) is 44.5 Å². The van der Waals surface area contributed by atoms with Gasteiger partial charge in [-0.15, -0.1) is 11.8 Å². The molecule has 11 heteroatoms. The number of nitrogens with one attached hydrogen (secondary N) is 1. The Kier molecular flexibility index (Phi) is 5.41. The number of carboxylic acids is 2. The minimum absolute atomic E-state index is 0.00114. The van der Waals surface area contributed by atoms with E-state index in [9.17, 15) is 24.3 Å². The van der Waals surface area contributed by atoms with Crippen LogP contribution in [0.15, 0.2) is 38.4 Å². The Labute approximate surface area is 167 Å². The molecule has 1 atom stereocenters. The van der Waals surface area contributed by atoms with Gasteiger partial charge in [0, 0.05) is 18.7 Å². The number of carbonyl (C=O) groups excluding carboxylic acids is 1. The molecule has 0 bridgehead atoms. The van der Waals surface area contributed by atoms with Crippen LogP contribution < -0.4 is 16.5 Å². The molecule has 1 aromatic rings. The van der Waals surface area contributed by atoms with Crippen LogP contribution in [-0.4, -0.2) is 44.8 Å². The molecule has 0 spiro atoms. The largest absolute Gasteiger partial charge is 0.480 e. The van der Waals surface area contributed by atoms with Crippen molar-refractivity contribution in [2.24, 2.45) is 0 Å². The maximum atomic E-state index is 12.2. The first-order valence-corrected chi connectivity index (χ1v) is 9.19. The van der Waals surface area contributed by atoms with Gasteiger partial charge < -0.3 is 25.7 Å². The van der Waals surface area contributed by atoms with Crippen molar-refractivity contribution >= 4 is 46.4 Å². The highest BCUT2D eigenvalue weighted by atomic mass is 32.2. The van der Waals surface area contributed by atoms with Gasteiger partial charge in [0.1, 0.15) is 17.3 Å². The Bertz CT molecular complexity index is 1170. The van der Waals surface area contributed by atoms with E-state index in [0.29, 0.717) is 0 Å². The molecule has 0 fully saturated rings. The fourth-order valence-electron chi connectivity index (χ4n) is 2.60. The van der Waals surface area contributed by atoms with Gasteiger partial charge in [-0.25, -0.2) is 14.6 Å². The van der Waals surface area contributed by atoms with Crippen molar-refractivity contribution in [1.29, 1.82) is 0 Å². The van der Waals surface area contributed by atoms with Crippen LogP contribution in [0.25, 0.3) is 22.6 Å². The predicted molar refractivity (Wildman–Crippen MR) is 104 cm³/mol. The highest BCUT2D eigenvalue weighted by molar-refractivity contribution is 7.99. The van der Waals surface area contributed by atoms with E-state index >= 15 is 0 Å². The van der Waals surface area contributed by atoms with Crippen LogP contribution >= 0.6 is 11.8 Å². The number of thioether (sulfide) groups is 1. The Morgan fingerprint density at radius 1 is 1.28 bits per heavy atom. The second-order valence-corrected chi connectivity index (χ2v) is 7.10. The van der Waals surface area contributed by atoms with Crippen molar-refractivity contribution in [2.75, 3.05) is 11.5 Å². The van der Waals surface area contributed by atoms with Crippen LogP contribution in [0.4, 0.5) is 5.69 Å². The number of aromatic nitrogens is 1. The van der Waals surface area contributed by atoms with Gasteiger partial charge in [-0.1, -0.05) is 0 Å². The maximum absolute atomic E-state index is 12.2. The summed E-state index contributed by atoms with van der Waals surface area (Å²) in [5.74, 6) is -2.91. The minimum Gasteiger partial charge on any atom is -0.480 e. The molecule has 1 aliphatic heterocycles. The van der Waals surface area contributed by atoms with Gasteiger partial charge in [0.25, 0.3) is 0 Å². The molecule has 1 aliphatic carbocycles. The highest BCUT2D eigenvalue weighted by Crippen LogP contribution is 2.36. The van der Waals surface area contributed by atoms with Crippen LogP contribution in [0.5, 0.6) is 0 Å². The number of benzene rings is 2. The zero-order chi connectivity index (χ0) is 21.3. The molecule has 5 N–H and O–H groups in total. The number of nitrogen functional groups attached to an aromatic ring is 1. The Hall–Kier alpha value is -3.60. The summed E-state index contributed by atoms with van der Waals surface area (Å²) in [4.78, 5) is 50.5. The van der Waals surface area contributed by atoms with E-state index in [1.807, 2.05) is 0 Å². The summed E-state index contributed by atoms with van der Waals surface area (Å²) in [5.41, 5.74) is 5.90. The van der Waals surface area contributed by atoms with Crippen LogP contribution in [-0.2, 0) is 9.59 Å². The fraction of sp³-hybridized carbons (Fsp3) is 0.167. The predicted octanol–water partition coefficient (Wildman–Crippen LogP) is 1.25. The number of carbonyl (C=O) groups is 3. The summed E-state index contributed by atoms with van der Waals surface area (Å²) in [6, 6.07) is 4.04. The normalized spacial score (nSPS) is 12.0. The lowest BCUT2D eigenvalue weighted by Gasteiger charge is -2.16. The molecule has 0 aromatic heterocycles. The minimum atomic E-state index is -1.25. The zero-order valence-corrected chi connectivity index (χ0v) is 15.8. The van der Waals surface area contributed by atoms with Gasteiger partial charge in [-0.3, -0.25) is 9.59 Å². The van der Waals surface area contributed by atoms with E-state index in [1.165, 1.54) is 25.1 Å². The molecular formula is C18H15N3O7S. The van der Waals surface area contributed by atoms with Crippen molar-refractivity contribution in [3.63, 3.8) is 0 Å². The molecular weight excluding hydrogens is 402 g/mol. The lowest BCUT2D eigenvalue weighted by molar-refractivity contribution is -0.140. The number of fused-ring (bicyclic) bond motifs is 2. The first-order valence-electron chi connectivity index (χ1n) is 8.20. The van der Waals surface area contributed by atoms with E-state index in [1.54, 1.807) is 0 Å². The molecule has 1 amide bonds. The Morgan fingerprint density at radius 2 is 2.00 bits per heavy atom. The first kappa shape index (κ1) is 20.1. The number of aromatic carboxylic acids is 1. The maximum Gasteiger partial charge on any atom is 0.335 e. The van der Waals surface area contributed by atoms with Gasteiger partial charge >= 0.3 is 11.9 Å². The second kappa shape index (κ2) is 7.80. The third-order valence-electron chi connectivity index (χ3n) is 3.95. The molecule has 2 aliphatic rings. The number of hydrogen-bond donors (Lipinski definition) is 4. The average molecular weight is 417 g/mol. The summed E-state index contributed by atoms with van der Waals surface area (Å²) in [6.45, 7) is 1.19. The van der Waals surface area contributed by atoms with Crippen molar-refractivity contribution in [3.05, 3.63) is 40.1 Å². The quantitative estimate of drug-likeness (QED) is 0.260. The van der Waals surface area contributed by atoms with Crippen LogP contribution in [0.2, 0.25) is 0 Å². The third-order valence-corrected chi connectivity index (χ3v) is 5.15. The number of nitrogens with zero attached hydrogens (tertiary/aromatic N) is 1. The SMILES string of the molecule is CC(=O)N[C@@H](CSc1c2nc3cc(C(=O)O)ccc3oc-2cc(=O)c1N)C(=O)O. The van der Waals surface area contributed by atoms with Gasteiger partial charge in [0.2, 0.25) is 11.3 Å².